The Bertz CT molecular complexity index is 487. The maximum atomic E-state index is 11.7. The van der Waals surface area contributed by atoms with E-state index in [1.54, 1.807) is 6.26 Å². The lowest BCUT2D eigenvalue weighted by molar-refractivity contribution is 0.0695. The summed E-state index contributed by atoms with van der Waals surface area (Å²) in [6.45, 7) is 2.25. The Morgan fingerprint density at radius 1 is 1.47 bits per heavy atom. The van der Waals surface area contributed by atoms with Crippen LogP contribution in [-0.4, -0.2) is 44.2 Å². The van der Waals surface area contributed by atoms with Crippen LogP contribution in [0.1, 0.15) is 34.2 Å². The van der Waals surface area contributed by atoms with Crippen LogP contribution in [0.2, 0.25) is 0 Å². The molecule has 0 spiro atoms. The number of aromatic nitrogens is 1. The minimum atomic E-state index is -1.08. The van der Waals surface area contributed by atoms with E-state index in [1.165, 1.54) is 12.1 Å². The second-order valence-corrected chi connectivity index (χ2v) is 5.89. The smallest absolute Gasteiger partial charge is 0.337 e. The molecule has 1 heterocycles. The first kappa shape index (κ1) is 15.3. The minimum Gasteiger partial charge on any atom is -0.478 e. The predicted molar refractivity (Wildman–Crippen MR) is 71.7 cm³/mol. The predicted octanol–water partition coefficient (Wildman–Crippen LogP) is 0.667. The van der Waals surface area contributed by atoms with Crippen molar-refractivity contribution < 1.29 is 18.9 Å². The number of rotatable bonds is 6. The minimum absolute atomic E-state index is 0.0163. The van der Waals surface area contributed by atoms with Gasteiger partial charge in [-0.2, -0.15) is 0 Å². The van der Waals surface area contributed by atoms with E-state index in [9.17, 15) is 13.8 Å². The zero-order valence-electron chi connectivity index (χ0n) is 10.8. The molecule has 0 saturated carbocycles. The Morgan fingerprint density at radius 3 is 2.63 bits per heavy atom. The summed E-state index contributed by atoms with van der Waals surface area (Å²) in [5.74, 6) is -1.45. The molecule has 0 aliphatic carbocycles. The molecule has 7 heteroatoms. The molecule has 0 saturated heterocycles. The number of nitrogens with one attached hydrogen (secondary N) is 1. The van der Waals surface area contributed by atoms with Crippen LogP contribution in [-0.2, 0) is 10.8 Å². The molecule has 0 aliphatic heterocycles. The summed E-state index contributed by atoms with van der Waals surface area (Å²) in [6, 6.07) is 2.69. The van der Waals surface area contributed by atoms with E-state index >= 15 is 0 Å². The number of nitrogens with zero attached hydrogens (tertiary/aromatic N) is 1. The third kappa shape index (κ3) is 4.78. The number of carboxylic acid groups (broad SMARTS) is 1. The average Bonchev–Trinajstić information content (AvgIpc) is 2.38. The number of carbonyl (C=O) groups excluding carboxylic acids is 1. The zero-order valence-corrected chi connectivity index (χ0v) is 11.6. The molecule has 1 rings (SSSR count). The van der Waals surface area contributed by atoms with Crippen molar-refractivity contribution in [2.24, 2.45) is 0 Å². The van der Waals surface area contributed by atoms with E-state index in [0.29, 0.717) is 13.0 Å². The van der Waals surface area contributed by atoms with Gasteiger partial charge in [-0.15, -0.1) is 0 Å². The fourth-order valence-electron chi connectivity index (χ4n) is 1.30. The van der Waals surface area contributed by atoms with Gasteiger partial charge in [-0.05, 0) is 18.6 Å². The van der Waals surface area contributed by atoms with Crippen molar-refractivity contribution in [2.75, 3.05) is 12.8 Å². The monoisotopic (exact) mass is 284 g/mol. The van der Waals surface area contributed by atoms with Crippen molar-refractivity contribution in [1.82, 2.24) is 10.3 Å². The molecular formula is C12H16N2O4S. The van der Waals surface area contributed by atoms with Crippen molar-refractivity contribution in [2.45, 2.75) is 18.6 Å². The van der Waals surface area contributed by atoms with E-state index in [1.807, 2.05) is 6.92 Å². The normalized spacial score (nSPS) is 13.6. The molecule has 104 valence electrons. The molecule has 0 bridgehead atoms. The first-order chi connectivity index (χ1) is 8.91. The summed E-state index contributed by atoms with van der Waals surface area (Å²) in [4.78, 5) is 26.1. The third-order valence-corrected chi connectivity index (χ3v) is 4.02. The standard InChI is InChI=1S/C12H16N2O4S/c1-8(19(2)18)5-6-13-11(15)10-4-3-9(7-14-10)12(16)17/h3-4,7-8H,5-6H2,1-2H3,(H,13,15)(H,16,17). The van der Waals surface area contributed by atoms with Gasteiger partial charge in [-0.1, -0.05) is 6.92 Å². The number of carboxylic acids is 1. The second-order valence-electron chi connectivity index (χ2n) is 4.09. The van der Waals surface area contributed by atoms with Gasteiger partial charge in [0.25, 0.3) is 5.91 Å². The summed E-state index contributed by atoms with van der Waals surface area (Å²) in [7, 11) is -0.910. The van der Waals surface area contributed by atoms with Gasteiger partial charge in [0.2, 0.25) is 0 Å². The van der Waals surface area contributed by atoms with Crippen LogP contribution in [0, 0.1) is 0 Å². The molecular weight excluding hydrogens is 268 g/mol. The van der Waals surface area contributed by atoms with Crippen molar-refractivity contribution in [1.29, 1.82) is 0 Å². The van der Waals surface area contributed by atoms with Gasteiger partial charge < -0.3 is 10.4 Å². The summed E-state index contributed by atoms with van der Waals surface area (Å²) >= 11 is 0. The van der Waals surface area contributed by atoms with Gasteiger partial charge in [-0.3, -0.25) is 14.0 Å². The number of hydrogen-bond acceptors (Lipinski definition) is 4. The molecule has 0 aliphatic rings. The molecule has 19 heavy (non-hydrogen) atoms. The zero-order chi connectivity index (χ0) is 14.4. The van der Waals surface area contributed by atoms with Crippen molar-refractivity contribution in [3.05, 3.63) is 29.6 Å². The van der Waals surface area contributed by atoms with E-state index in [-0.39, 0.29) is 22.4 Å². The lowest BCUT2D eigenvalue weighted by Gasteiger charge is -2.09. The molecule has 2 atom stereocenters. The SMILES string of the molecule is CC(CCNC(=O)c1ccc(C(=O)O)cn1)S(C)=O. The third-order valence-electron chi connectivity index (χ3n) is 2.65. The van der Waals surface area contributed by atoms with Crippen LogP contribution >= 0.6 is 0 Å². The highest BCUT2D eigenvalue weighted by Crippen LogP contribution is 2.01. The van der Waals surface area contributed by atoms with Crippen LogP contribution in [0.5, 0.6) is 0 Å². The van der Waals surface area contributed by atoms with Gasteiger partial charge in [0.15, 0.2) is 0 Å². The maximum Gasteiger partial charge on any atom is 0.337 e. The number of pyridine rings is 1. The Balaban J connectivity index is 2.50. The molecule has 1 amide bonds. The van der Waals surface area contributed by atoms with E-state index in [0.717, 1.165) is 6.20 Å². The molecule has 0 aromatic carbocycles. The van der Waals surface area contributed by atoms with E-state index in [4.69, 9.17) is 5.11 Å². The molecule has 2 unspecified atom stereocenters. The number of amides is 1. The highest BCUT2D eigenvalue weighted by molar-refractivity contribution is 7.84. The van der Waals surface area contributed by atoms with Gasteiger partial charge in [0, 0.05) is 35.0 Å². The lowest BCUT2D eigenvalue weighted by Crippen LogP contribution is -2.28. The molecule has 2 N–H and O–H groups in total. The molecule has 1 aromatic heterocycles. The summed E-state index contributed by atoms with van der Waals surface area (Å²) in [6.07, 6.45) is 3.38. The summed E-state index contributed by atoms with van der Waals surface area (Å²) < 4.78 is 11.1. The number of hydrogen-bond donors (Lipinski definition) is 2. The van der Waals surface area contributed by atoms with Gasteiger partial charge in [0.05, 0.1) is 5.56 Å². The quantitative estimate of drug-likeness (QED) is 0.800. The van der Waals surface area contributed by atoms with Crippen LogP contribution in [0.4, 0.5) is 0 Å². The lowest BCUT2D eigenvalue weighted by atomic mass is 10.2. The van der Waals surface area contributed by atoms with Crippen LogP contribution in [0.15, 0.2) is 18.3 Å². The van der Waals surface area contributed by atoms with Crippen LogP contribution in [0.25, 0.3) is 0 Å². The number of aromatic carboxylic acids is 1. The molecule has 0 radical (unpaired) electrons. The first-order valence-electron chi connectivity index (χ1n) is 5.71. The molecule has 0 fully saturated rings. The average molecular weight is 284 g/mol. The Kier molecular flexibility index (Phi) is 5.62. The summed E-state index contributed by atoms with van der Waals surface area (Å²) in [5, 5.41) is 11.4. The fraction of sp³-hybridized carbons (Fsp3) is 0.417. The largest absolute Gasteiger partial charge is 0.478 e. The fourth-order valence-corrected chi connectivity index (χ4v) is 1.75. The highest BCUT2D eigenvalue weighted by atomic mass is 32.2. The van der Waals surface area contributed by atoms with E-state index < -0.39 is 16.8 Å². The van der Waals surface area contributed by atoms with Crippen molar-refractivity contribution >= 4 is 22.7 Å². The van der Waals surface area contributed by atoms with E-state index in [2.05, 4.69) is 10.3 Å². The van der Waals surface area contributed by atoms with Crippen LogP contribution < -0.4 is 5.32 Å². The highest BCUT2D eigenvalue weighted by Gasteiger charge is 2.10. The topological polar surface area (TPSA) is 96.4 Å². The number of carbonyl (C=O) groups is 2. The van der Waals surface area contributed by atoms with Gasteiger partial charge >= 0.3 is 5.97 Å². The van der Waals surface area contributed by atoms with Crippen molar-refractivity contribution in [3.63, 3.8) is 0 Å². The Labute approximate surface area is 113 Å². The summed E-state index contributed by atoms with van der Waals surface area (Å²) in [5.41, 5.74) is 0.196. The molecule has 6 nitrogen and oxygen atoms in total. The maximum absolute atomic E-state index is 11.7. The van der Waals surface area contributed by atoms with Gasteiger partial charge in [-0.25, -0.2) is 4.79 Å². The molecule has 1 aromatic rings. The Hall–Kier alpha value is -1.76. The van der Waals surface area contributed by atoms with Crippen molar-refractivity contribution in [3.8, 4) is 0 Å². The first-order valence-corrected chi connectivity index (χ1v) is 7.33. The second kappa shape index (κ2) is 6.98. The van der Waals surface area contributed by atoms with Crippen LogP contribution in [0.3, 0.4) is 0 Å². The Morgan fingerprint density at radius 2 is 2.16 bits per heavy atom. The van der Waals surface area contributed by atoms with Gasteiger partial charge in [0.1, 0.15) is 5.69 Å².